The summed E-state index contributed by atoms with van der Waals surface area (Å²) in [5.74, 6) is 0.629. The number of halogens is 2. The maximum absolute atomic E-state index is 6.16. The summed E-state index contributed by atoms with van der Waals surface area (Å²) in [6.07, 6.45) is 2.02. The molecule has 0 saturated heterocycles. The number of aromatic nitrogens is 2. The van der Waals surface area contributed by atoms with Crippen molar-refractivity contribution < 1.29 is 4.42 Å². The molecule has 0 amide bonds. The average Bonchev–Trinajstić information content (AvgIpc) is 3.26. The normalized spacial score (nSPS) is 15.4. The highest BCUT2D eigenvalue weighted by Crippen LogP contribution is 2.53. The first kappa shape index (κ1) is 14.5. The molecule has 0 radical (unpaired) electrons. The van der Waals surface area contributed by atoms with Crippen LogP contribution in [0.3, 0.4) is 0 Å². The van der Waals surface area contributed by atoms with E-state index in [0.29, 0.717) is 27.6 Å². The van der Waals surface area contributed by atoms with E-state index < -0.39 is 0 Å². The Morgan fingerprint density at radius 3 is 2.48 bits per heavy atom. The summed E-state index contributed by atoms with van der Waals surface area (Å²) in [5.41, 5.74) is 1.70. The van der Waals surface area contributed by atoms with E-state index in [2.05, 4.69) is 27.6 Å². The molecule has 116 valence electrons. The van der Waals surface area contributed by atoms with Crippen LogP contribution in [0.2, 0.25) is 10.0 Å². The summed E-state index contributed by atoms with van der Waals surface area (Å²) in [4.78, 5) is 0. The lowest BCUT2D eigenvalue weighted by atomic mass is 9.96. The minimum atomic E-state index is -0.147. The van der Waals surface area contributed by atoms with Gasteiger partial charge in [-0.3, -0.25) is 0 Å². The van der Waals surface area contributed by atoms with Crippen LogP contribution in [0.4, 0.5) is 11.7 Å². The molecule has 0 bridgehead atoms. The summed E-state index contributed by atoms with van der Waals surface area (Å²) in [6.45, 7) is 0. The van der Waals surface area contributed by atoms with E-state index in [9.17, 15) is 0 Å². The van der Waals surface area contributed by atoms with Crippen molar-refractivity contribution in [2.75, 3.05) is 5.32 Å². The van der Waals surface area contributed by atoms with Crippen molar-refractivity contribution in [1.29, 1.82) is 0 Å². The van der Waals surface area contributed by atoms with Gasteiger partial charge in [0.05, 0.1) is 21.1 Å². The van der Waals surface area contributed by atoms with Crippen molar-refractivity contribution in [1.82, 2.24) is 10.2 Å². The van der Waals surface area contributed by atoms with Crippen molar-refractivity contribution in [3.8, 4) is 0 Å². The molecule has 1 heterocycles. The van der Waals surface area contributed by atoms with Crippen molar-refractivity contribution in [3.05, 3.63) is 70.0 Å². The molecule has 4 rings (SSSR count). The standard InChI is InChI=1S/C17H13Cl2N3O/c18-12-7-4-8-13(14(12)19)20-16-22-21-15(23-16)17(9-10-17)11-5-2-1-3-6-11/h1-8H,9-10H2,(H,20,22). The average molecular weight is 346 g/mol. The van der Waals surface area contributed by atoms with Crippen LogP contribution in [0.5, 0.6) is 0 Å². The van der Waals surface area contributed by atoms with Crippen LogP contribution in [0, 0.1) is 0 Å². The second-order valence-corrected chi connectivity index (χ2v) is 6.37. The van der Waals surface area contributed by atoms with Gasteiger partial charge in [-0.25, -0.2) is 0 Å². The Hall–Kier alpha value is -2.04. The summed E-state index contributed by atoms with van der Waals surface area (Å²) < 4.78 is 5.83. The molecular weight excluding hydrogens is 333 g/mol. The number of nitrogens with one attached hydrogen (secondary N) is 1. The Morgan fingerprint density at radius 2 is 1.74 bits per heavy atom. The van der Waals surface area contributed by atoms with E-state index in [1.165, 1.54) is 5.56 Å². The predicted octanol–water partition coefficient (Wildman–Crippen LogP) is 5.20. The summed E-state index contributed by atoms with van der Waals surface area (Å²) >= 11 is 12.2. The molecule has 3 aromatic rings. The lowest BCUT2D eigenvalue weighted by Gasteiger charge is -2.10. The van der Waals surface area contributed by atoms with Crippen molar-refractivity contribution in [2.24, 2.45) is 0 Å². The first-order valence-electron chi connectivity index (χ1n) is 7.30. The van der Waals surface area contributed by atoms with E-state index in [0.717, 1.165) is 12.8 Å². The molecule has 23 heavy (non-hydrogen) atoms. The molecule has 0 atom stereocenters. The number of anilines is 2. The fourth-order valence-electron chi connectivity index (χ4n) is 2.69. The molecule has 0 spiro atoms. The van der Waals surface area contributed by atoms with Crippen LogP contribution in [0.15, 0.2) is 52.9 Å². The molecular formula is C17H13Cl2N3O. The minimum absolute atomic E-state index is 0.147. The Morgan fingerprint density at radius 1 is 0.957 bits per heavy atom. The molecule has 1 fully saturated rings. The van der Waals surface area contributed by atoms with Crippen LogP contribution in [0.1, 0.15) is 24.3 Å². The number of benzene rings is 2. The van der Waals surface area contributed by atoms with Crippen LogP contribution in [-0.4, -0.2) is 10.2 Å². The van der Waals surface area contributed by atoms with Gasteiger partial charge in [-0.15, -0.1) is 5.10 Å². The number of nitrogens with zero attached hydrogens (tertiary/aromatic N) is 2. The second-order valence-electron chi connectivity index (χ2n) is 5.59. The fourth-order valence-corrected chi connectivity index (χ4v) is 3.04. The van der Waals surface area contributed by atoms with Gasteiger partial charge in [0.2, 0.25) is 5.89 Å². The van der Waals surface area contributed by atoms with E-state index in [-0.39, 0.29) is 5.41 Å². The van der Waals surface area contributed by atoms with Crippen LogP contribution in [0.25, 0.3) is 0 Å². The Labute approximate surface area is 143 Å². The summed E-state index contributed by atoms with van der Waals surface area (Å²) in [5, 5.41) is 12.2. The van der Waals surface area contributed by atoms with Gasteiger partial charge in [-0.05, 0) is 30.5 Å². The number of hydrogen-bond donors (Lipinski definition) is 1. The van der Waals surface area contributed by atoms with Crippen LogP contribution >= 0.6 is 23.2 Å². The van der Waals surface area contributed by atoms with Gasteiger partial charge in [0.1, 0.15) is 0 Å². The van der Waals surface area contributed by atoms with Gasteiger partial charge in [0.15, 0.2) is 0 Å². The minimum Gasteiger partial charge on any atom is -0.407 e. The Balaban J connectivity index is 1.62. The highest BCUT2D eigenvalue weighted by Gasteiger charge is 2.50. The molecule has 4 nitrogen and oxygen atoms in total. The van der Waals surface area contributed by atoms with Crippen molar-refractivity contribution >= 4 is 34.9 Å². The molecule has 6 heteroatoms. The smallest absolute Gasteiger partial charge is 0.320 e. The highest BCUT2D eigenvalue weighted by atomic mass is 35.5. The van der Waals surface area contributed by atoms with E-state index in [1.807, 2.05) is 24.3 Å². The zero-order valence-electron chi connectivity index (χ0n) is 12.1. The van der Waals surface area contributed by atoms with Gasteiger partial charge in [0.25, 0.3) is 0 Å². The third-order valence-electron chi connectivity index (χ3n) is 4.10. The largest absolute Gasteiger partial charge is 0.407 e. The molecule has 1 saturated carbocycles. The lowest BCUT2D eigenvalue weighted by molar-refractivity contribution is 0.474. The number of rotatable bonds is 4. The van der Waals surface area contributed by atoms with Gasteiger partial charge >= 0.3 is 6.01 Å². The monoisotopic (exact) mass is 345 g/mol. The lowest BCUT2D eigenvalue weighted by Crippen LogP contribution is -2.08. The molecule has 1 aromatic heterocycles. The topological polar surface area (TPSA) is 51.0 Å². The van der Waals surface area contributed by atoms with E-state index in [4.69, 9.17) is 27.6 Å². The van der Waals surface area contributed by atoms with E-state index >= 15 is 0 Å². The van der Waals surface area contributed by atoms with Crippen LogP contribution < -0.4 is 5.32 Å². The van der Waals surface area contributed by atoms with Gasteiger partial charge in [0, 0.05) is 0 Å². The van der Waals surface area contributed by atoms with E-state index in [1.54, 1.807) is 12.1 Å². The Bertz CT molecular complexity index is 844. The highest BCUT2D eigenvalue weighted by molar-refractivity contribution is 6.43. The zero-order chi connectivity index (χ0) is 15.9. The molecule has 2 aromatic carbocycles. The zero-order valence-corrected chi connectivity index (χ0v) is 13.6. The predicted molar refractivity (Wildman–Crippen MR) is 90.5 cm³/mol. The maximum atomic E-state index is 6.16. The summed E-state index contributed by atoms with van der Waals surface area (Å²) in [7, 11) is 0. The molecule has 1 aliphatic carbocycles. The SMILES string of the molecule is Clc1cccc(Nc2nnc(C3(c4ccccc4)CC3)o2)c1Cl. The van der Waals surface area contributed by atoms with Crippen molar-refractivity contribution in [2.45, 2.75) is 18.3 Å². The molecule has 0 unspecified atom stereocenters. The molecule has 0 aliphatic heterocycles. The molecule has 1 aliphatic rings. The van der Waals surface area contributed by atoms with Gasteiger partial charge < -0.3 is 9.73 Å². The fraction of sp³-hybridized carbons (Fsp3) is 0.176. The van der Waals surface area contributed by atoms with Crippen LogP contribution in [-0.2, 0) is 5.41 Å². The molecule has 1 N–H and O–H groups in total. The number of hydrogen-bond acceptors (Lipinski definition) is 4. The Kier molecular flexibility index (Phi) is 3.51. The second kappa shape index (κ2) is 5.55. The first-order chi connectivity index (χ1) is 11.2. The summed E-state index contributed by atoms with van der Waals surface area (Å²) in [6, 6.07) is 15.9. The van der Waals surface area contributed by atoms with Gasteiger partial charge in [-0.2, -0.15) is 0 Å². The third-order valence-corrected chi connectivity index (χ3v) is 4.92. The van der Waals surface area contributed by atoms with Gasteiger partial charge in [-0.1, -0.05) is 64.7 Å². The van der Waals surface area contributed by atoms with Crippen molar-refractivity contribution in [3.63, 3.8) is 0 Å². The quantitative estimate of drug-likeness (QED) is 0.705. The third kappa shape index (κ3) is 2.58. The first-order valence-corrected chi connectivity index (χ1v) is 8.05. The maximum Gasteiger partial charge on any atom is 0.320 e.